The Hall–Kier alpha value is -2.23. The summed E-state index contributed by atoms with van der Waals surface area (Å²) in [6, 6.07) is 12.1. The molecular formula is C17H20N2O2. The zero-order valence-corrected chi connectivity index (χ0v) is 12.2. The number of furan rings is 1. The fourth-order valence-electron chi connectivity index (χ4n) is 2.83. The van der Waals surface area contributed by atoms with Crippen molar-refractivity contribution in [1.82, 2.24) is 5.32 Å². The van der Waals surface area contributed by atoms with Crippen molar-refractivity contribution in [3.63, 3.8) is 0 Å². The van der Waals surface area contributed by atoms with Crippen molar-refractivity contribution in [2.24, 2.45) is 5.92 Å². The standard InChI is InChI=1S/C17H20N2O2/c1-13-16(8-10-21-13)17(20)18-11-14-7-9-19(12-14)15-5-3-2-4-6-15/h2-6,8,10,14H,7,9,11-12H2,1H3,(H,18,20)/t14-/m1/s1. The van der Waals surface area contributed by atoms with Crippen molar-refractivity contribution in [2.75, 3.05) is 24.5 Å². The minimum absolute atomic E-state index is 0.0422. The van der Waals surface area contributed by atoms with Crippen LogP contribution in [0.1, 0.15) is 22.5 Å². The number of hydrogen-bond donors (Lipinski definition) is 1. The van der Waals surface area contributed by atoms with E-state index in [1.165, 1.54) is 5.69 Å². The predicted molar refractivity (Wildman–Crippen MR) is 82.5 cm³/mol. The average molecular weight is 284 g/mol. The van der Waals surface area contributed by atoms with Crippen LogP contribution in [-0.2, 0) is 0 Å². The molecule has 1 aromatic heterocycles. The molecule has 0 saturated carbocycles. The van der Waals surface area contributed by atoms with E-state index in [0.717, 1.165) is 19.5 Å². The van der Waals surface area contributed by atoms with Crippen molar-refractivity contribution in [2.45, 2.75) is 13.3 Å². The first-order valence-electron chi connectivity index (χ1n) is 7.36. The number of nitrogens with zero attached hydrogens (tertiary/aromatic N) is 1. The first kappa shape index (κ1) is 13.7. The maximum absolute atomic E-state index is 12.1. The van der Waals surface area contributed by atoms with Crippen molar-refractivity contribution >= 4 is 11.6 Å². The van der Waals surface area contributed by atoms with E-state index in [1.54, 1.807) is 12.3 Å². The minimum Gasteiger partial charge on any atom is -0.469 e. The molecule has 21 heavy (non-hydrogen) atoms. The number of nitrogens with one attached hydrogen (secondary N) is 1. The first-order valence-corrected chi connectivity index (χ1v) is 7.36. The molecule has 2 aromatic rings. The summed E-state index contributed by atoms with van der Waals surface area (Å²) in [4.78, 5) is 14.4. The van der Waals surface area contributed by atoms with Crippen LogP contribution in [0.5, 0.6) is 0 Å². The Morgan fingerprint density at radius 2 is 2.14 bits per heavy atom. The normalized spacial score (nSPS) is 18.0. The molecule has 3 rings (SSSR count). The maximum atomic E-state index is 12.1. The molecule has 110 valence electrons. The molecule has 1 N–H and O–H groups in total. The van der Waals surface area contributed by atoms with E-state index >= 15 is 0 Å². The molecule has 1 atom stereocenters. The van der Waals surface area contributed by atoms with Gasteiger partial charge in [0, 0.05) is 25.3 Å². The molecule has 0 spiro atoms. The molecule has 4 heteroatoms. The van der Waals surface area contributed by atoms with E-state index in [2.05, 4.69) is 34.5 Å². The van der Waals surface area contributed by atoms with Crippen molar-refractivity contribution in [3.8, 4) is 0 Å². The van der Waals surface area contributed by atoms with E-state index in [-0.39, 0.29) is 5.91 Å². The zero-order valence-electron chi connectivity index (χ0n) is 12.2. The second-order valence-corrected chi connectivity index (χ2v) is 5.54. The lowest BCUT2D eigenvalue weighted by atomic mass is 10.1. The van der Waals surface area contributed by atoms with Crippen LogP contribution in [0.15, 0.2) is 47.1 Å². The number of para-hydroxylation sites is 1. The van der Waals surface area contributed by atoms with Crippen molar-refractivity contribution < 1.29 is 9.21 Å². The Morgan fingerprint density at radius 3 is 2.86 bits per heavy atom. The van der Waals surface area contributed by atoms with Gasteiger partial charge in [0.05, 0.1) is 11.8 Å². The van der Waals surface area contributed by atoms with E-state index in [9.17, 15) is 4.79 Å². The summed E-state index contributed by atoms with van der Waals surface area (Å²) in [5.41, 5.74) is 1.89. The smallest absolute Gasteiger partial charge is 0.254 e. The van der Waals surface area contributed by atoms with E-state index in [0.29, 0.717) is 23.8 Å². The summed E-state index contributed by atoms with van der Waals surface area (Å²) in [6.07, 6.45) is 2.66. The summed E-state index contributed by atoms with van der Waals surface area (Å²) in [5.74, 6) is 1.13. The molecule has 1 aliphatic rings. The van der Waals surface area contributed by atoms with Gasteiger partial charge in [0.15, 0.2) is 0 Å². The third-order valence-electron chi connectivity index (χ3n) is 4.06. The number of rotatable bonds is 4. The molecule has 0 aliphatic carbocycles. The van der Waals surface area contributed by atoms with Crippen LogP contribution in [-0.4, -0.2) is 25.5 Å². The van der Waals surface area contributed by atoms with Crippen molar-refractivity contribution in [3.05, 3.63) is 54.0 Å². The van der Waals surface area contributed by atoms with Crippen LogP contribution in [0, 0.1) is 12.8 Å². The predicted octanol–water partition coefficient (Wildman–Crippen LogP) is 2.84. The molecule has 1 aliphatic heterocycles. The Balaban J connectivity index is 1.52. The van der Waals surface area contributed by atoms with Gasteiger partial charge in [-0.2, -0.15) is 0 Å². The molecular weight excluding hydrogens is 264 g/mol. The Labute approximate surface area is 124 Å². The lowest BCUT2D eigenvalue weighted by molar-refractivity contribution is 0.0947. The van der Waals surface area contributed by atoms with Crippen LogP contribution in [0.2, 0.25) is 0 Å². The quantitative estimate of drug-likeness (QED) is 0.939. The summed E-state index contributed by atoms with van der Waals surface area (Å²) >= 11 is 0. The maximum Gasteiger partial charge on any atom is 0.254 e. The van der Waals surface area contributed by atoms with E-state index in [4.69, 9.17) is 4.42 Å². The average Bonchev–Trinajstić information content (AvgIpc) is 3.15. The molecule has 1 aromatic carbocycles. The molecule has 1 fully saturated rings. The third kappa shape index (κ3) is 3.10. The van der Waals surface area contributed by atoms with Gasteiger partial charge in [-0.3, -0.25) is 4.79 Å². The largest absolute Gasteiger partial charge is 0.469 e. The van der Waals surface area contributed by atoms with Gasteiger partial charge < -0.3 is 14.6 Å². The number of benzene rings is 1. The second-order valence-electron chi connectivity index (χ2n) is 5.54. The van der Waals surface area contributed by atoms with Crippen LogP contribution in [0.3, 0.4) is 0 Å². The number of aryl methyl sites for hydroxylation is 1. The first-order chi connectivity index (χ1) is 10.2. The van der Waals surface area contributed by atoms with Gasteiger partial charge >= 0.3 is 0 Å². The van der Waals surface area contributed by atoms with Crippen LogP contribution in [0.25, 0.3) is 0 Å². The number of carbonyl (C=O) groups excluding carboxylic acids is 1. The highest BCUT2D eigenvalue weighted by atomic mass is 16.3. The Morgan fingerprint density at radius 1 is 1.33 bits per heavy atom. The van der Waals surface area contributed by atoms with Crippen LogP contribution < -0.4 is 10.2 Å². The lowest BCUT2D eigenvalue weighted by Gasteiger charge is -2.18. The molecule has 1 saturated heterocycles. The molecule has 0 unspecified atom stereocenters. The van der Waals surface area contributed by atoms with Gasteiger partial charge in [-0.05, 0) is 37.5 Å². The van der Waals surface area contributed by atoms with Crippen LogP contribution >= 0.6 is 0 Å². The minimum atomic E-state index is -0.0422. The summed E-state index contributed by atoms with van der Waals surface area (Å²) in [7, 11) is 0. The number of hydrogen-bond acceptors (Lipinski definition) is 3. The molecule has 0 radical (unpaired) electrons. The topological polar surface area (TPSA) is 45.5 Å². The molecule has 0 bridgehead atoms. The molecule has 2 heterocycles. The number of anilines is 1. The Bertz CT molecular complexity index is 606. The highest BCUT2D eigenvalue weighted by molar-refractivity contribution is 5.95. The summed E-state index contributed by atoms with van der Waals surface area (Å²) < 4.78 is 5.16. The fourth-order valence-corrected chi connectivity index (χ4v) is 2.83. The van der Waals surface area contributed by atoms with Gasteiger partial charge in [-0.15, -0.1) is 0 Å². The fraction of sp³-hybridized carbons (Fsp3) is 0.353. The van der Waals surface area contributed by atoms with Gasteiger partial charge in [0.1, 0.15) is 5.76 Å². The Kier molecular flexibility index (Phi) is 3.95. The van der Waals surface area contributed by atoms with Gasteiger partial charge in [-0.25, -0.2) is 0 Å². The van der Waals surface area contributed by atoms with E-state index in [1.807, 2.05) is 13.0 Å². The number of carbonyl (C=O) groups is 1. The third-order valence-corrected chi connectivity index (χ3v) is 4.06. The SMILES string of the molecule is Cc1occc1C(=O)NC[C@H]1CCN(c2ccccc2)C1. The number of amides is 1. The highest BCUT2D eigenvalue weighted by Gasteiger charge is 2.23. The molecule has 4 nitrogen and oxygen atoms in total. The van der Waals surface area contributed by atoms with Crippen molar-refractivity contribution in [1.29, 1.82) is 0 Å². The summed E-state index contributed by atoms with van der Waals surface area (Å²) in [5, 5.41) is 3.01. The molecule has 1 amide bonds. The monoisotopic (exact) mass is 284 g/mol. The lowest BCUT2D eigenvalue weighted by Crippen LogP contribution is -2.31. The van der Waals surface area contributed by atoms with Gasteiger partial charge in [0.25, 0.3) is 5.91 Å². The van der Waals surface area contributed by atoms with Crippen LogP contribution in [0.4, 0.5) is 5.69 Å². The zero-order chi connectivity index (χ0) is 14.7. The van der Waals surface area contributed by atoms with E-state index < -0.39 is 0 Å². The summed E-state index contributed by atoms with van der Waals surface area (Å²) in [6.45, 7) is 4.57. The highest BCUT2D eigenvalue weighted by Crippen LogP contribution is 2.23. The van der Waals surface area contributed by atoms with Gasteiger partial charge in [0.2, 0.25) is 0 Å². The van der Waals surface area contributed by atoms with Gasteiger partial charge in [-0.1, -0.05) is 18.2 Å². The second kappa shape index (κ2) is 6.04.